The maximum Gasteiger partial charge on any atom is 0.390 e. The maximum absolute atomic E-state index is 13.7. The number of phenols is 1. The summed E-state index contributed by atoms with van der Waals surface area (Å²) in [4.78, 5) is 67.0. The van der Waals surface area contributed by atoms with E-state index in [0.717, 1.165) is 0 Å². The van der Waals surface area contributed by atoms with Gasteiger partial charge in [0.25, 0.3) is 0 Å². The third-order valence-corrected chi connectivity index (χ3v) is 7.94. The summed E-state index contributed by atoms with van der Waals surface area (Å²) in [6.07, 6.45) is -5.49. The molecule has 38 heavy (non-hydrogen) atoms. The van der Waals surface area contributed by atoms with Gasteiger partial charge in [-0.3, -0.25) is 28.9 Å². The number of ketones is 4. The molecule has 0 radical (unpaired) electrons. The second-order valence-corrected chi connectivity index (χ2v) is 10.4. The van der Waals surface area contributed by atoms with Crippen LogP contribution in [0.2, 0.25) is 0 Å². The number of primary amides is 1. The monoisotopic (exact) mass is 539 g/mol. The SMILES string of the molecule is CN(C)[C@@H]1C(=O)C(C(N)=O)C(=O)[C@@]2(O)C(=O)C3C(=O)c4c(O)ccc(CNCCC(F)(F)F)c4C[C@H]3C[C@@H]12. The maximum atomic E-state index is 13.7. The molecule has 2 saturated carbocycles. The van der Waals surface area contributed by atoms with Crippen LogP contribution in [-0.4, -0.2) is 82.6 Å². The van der Waals surface area contributed by atoms with E-state index in [4.69, 9.17) is 5.73 Å². The number of nitrogens with two attached hydrogens (primary N) is 1. The number of benzene rings is 1. The van der Waals surface area contributed by atoms with Crippen LogP contribution in [0, 0.1) is 23.7 Å². The molecule has 0 spiro atoms. The lowest BCUT2D eigenvalue weighted by molar-refractivity contribution is -0.181. The molecule has 0 aromatic heterocycles. The zero-order chi connectivity index (χ0) is 28.3. The van der Waals surface area contributed by atoms with E-state index in [2.05, 4.69) is 5.32 Å². The average molecular weight is 540 g/mol. The molecule has 13 heteroatoms. The zero-order valence-electron chi connectivity index (χ0n) is 20.7. The van der Waals surface area contributed by atoms with Gasteiger partial charge < -0.3 is 21.3 Å². The highest BCUT2D eigenvalue weighted by Gasteiger charge is 2.69. The van der Waals surface area contributed by atoms with Crippen molar-refractivity contribution in [2.75, 3.05) is 20.6 Å². The highest BCUT2D eigenvalue weighted by molar-refractivity contribution is 6.32. The Balaban J connectivity index is 1.73. The van der Waals surface area contributed by atoms with Crippen LogP contribution in [0.15, 0.2) is 12.1 Å². The Hall–Kier alpha value is -3.16. The van der Waals surface area contributed by atoms with Gasteiger partial charge in [-0.25, -0.2) is 0 Å². The van der Waals surface area contributed by atoms with Crippen LogP contribution in [0.5, 0.6) is 5.75 Å². The molecule has 2 unspecified atom stereocenters. The summed E-state index contributed by atoms with van der Waals surface area (Å²) in [6, 6.07) is 1.44. The quantitative estimate of drug-likeness (QED) is 0.285. The van der Waals surface area contributed by atoms with E-state index in [1.807, 2.05) is 0 Å². The molecule has 3 aliphatic carbocycles. The number of fused-ring (bicyclic) bond motifs is 3. The number of nitrogens with one attached hydrogen (secondary N) is 1. The van der Waals surface area contributed by atoms with Gasteiger partial charge in [0.1, 0.15) is 5.75 Å². The zero-order valence-corrected chi connectivity index (χ0v) is 20.7. The number of aromatic hydroxyl groups is 1. The third kappa shape index (κ3) is 4.31. The Morgan fingerprint density at radius 2 is 1.84 bits per heavy atom. The summed E-state index contributed by atoms with van der Waals surface area (Å²) < 4.78 is 37.5. The molecular weight excluding hydrogens is 511 g/mol. The van der Waals surface area contributed by atoms with Gasteiger partial charge in [-0.1, -0.05) is 6.07 Å². The van der Waals surface area contributed by atoms with Gasteiger partial charge in [-0.15, -0.1) is 0 Å². The third-order valence-electron chi connectivity index (χ3n) is 7.94. The van der Waals surface area contributed by atoms with Gasteiger partial charge >= 0.3 is 6.18 Å². The fraction of sp³-hybridized carbons (Fsp3) is 0.560. The van der Waals surface area contributed by atoms with E-state index >= 15 is 0 Å². The van der Waals surface area contributed by atoms with Crippen molar-refractivity contribution in [2.45, 2.75) is 43.6 Å². The van der Waals surface area contributed by atoms with Gasteiger partial charge in [0.15, 0.2) is 34.7 Å². The minimum atomic E-state index is -4.35. The summed E-state index contributed by atoms with van der Waals surface area (Å²) in [5, 5.41) is 24.7. The van der Waals surface area contributed by atoms with E-state index in [9.17, 15) is 47.4 Å². The van der Waals surface area contributed by atoms with Gasteiger partial charge in [0.05, 0.1) is 23.9 Å². The second-order valence-electron chi connectivity index (χ2n) is 10.4. The van der Waals surface area contributed by atoms with Crippen LogP contribution in [0.3, 0.4) is 0 Å². The van der Waals surface area contributed by atoms with E-state index in [1.165, 1.54) is 31.1 Å². The number of hydrogen-bond donors (Lipinski definition) is 4. The van der Waals surface area contributed by atoms with E-state index < -0.39 is 82.7 Å². The number of alkyl halides is 3. The molecule has 4 rings (SSSR count). The average Bonchev–Trinajstić information content (AvgIpc) is 2.79. The van der Waals surface area contributed by atoms with E-state index in [0.29, 0.717) is 11.1 Å². The number of phenolic OH excluding ortho intramolecular Hbond substituents is 1. The van der Waals surface area contributed by atoms with Crippen molar-refractivity contribution >= 4 is 29.0 Å². The molecule has 6 atom stereocenters. The van der Waals surface area contributed by atoms with E-state index in [-0.39, 0.29) is 31.5 Å². The van der Waals surface area contributed by atoms with E-state index in [1.54, 1.807) is 0 Å². The van der Waals surface area contributed by atoms with Gasteiger partial charge in [-0.2, -0.15) is 13.2 Å². The van der Waals surface area contributed by atoms with Crippen molar-refractivity contribution in [3.63, 3.8) is 0 Å². The van der Waals surface area contributed by atoms with Crippen LogP contribution in [0.4, 0.5) is 13.2 Å². The number of hydrogen-bond acceptors (Lipinski definition) is 9. The first-order chi connectivity index (χ1) is 17.6. The lowest BCUT2D eigenvalue weighted by atomic mass is 9.52. The van der Waals surface area contributed by atoms with Crippen molar-refractivity contribution in [1.82, 2.24) is 10.2 Å². The number of halogens is 3. The number of aliphatic hydroxyl groups is 1. The van der Waals surface area contributed by atoms with Crippen LogP contribution < -0.4 is 11.1 Å². The second kappa shape index (κ2) is 9.54. The summed E-state index contributed by atoms with van der Waals surface area (Å²) >= 11 is 0. The number of amides is 1. The first-order valence-corrected chi connectivity index (χ1v) is 12.1. The minimum absolute atomic E-state index is 0.0382. The van der Waals surface area contributed by atoms with Gasteiger partial charge in [0.2, 0.25) is 5.91 Å². The lowest BCUT2D eigenvalue weighted by Gasteiger charge is -2.52. The molecule has 0 heterocycles. The fourth-order valence-corrected chi connectivity index (χ4v) is 6.29. The lowest BCUT2D eigenvalue weighted by Crippen LogP contribution is -2.74. The Morgan fingerprint density at radius 3 is 2.42 bits per heavy atom. The minimum Gasteiger partial charge on any atom is -0.507 e. The fourth-order valence-electron chi connectivity index (χ4n) is 6.29. The Morgan fingerprint density at radius 1 is 1.18 bits per heavy atom. The van der Waals surface area contributed by atoms with Gasteiger partial charge in [0, 0.05) is 19.0 Å². The molecule has 5 N–H and O–H groups in total. The molecule has 206 valence electrons. The number of Topliss-reactive ketones (excluding diaryl/α,β-unsaturated/α-hetero) is 4. The summed E-state index contributed by atoms with van der Waals surface area (Å²) in [6.45, 7) is -0.412. The Kier molecular flexibility index (Phi) is 7.00. The number of carbonyl (C=O) groups excluding carboxylic acids is 5. The van der Waals surface area contributed by atoms with Gasteiger partial charge in [-0.05, 0) is 50.0 Å². The van der Waals surface area contributed by atoms with Crippen molar-refractivity contribution in [3.05, 3.63) is 28.8 Å². The Labute approximate surface area is 215 Å². The molecule has 1 aromatic carbocycles. The predicted octanol–water partition coefficient (Wildman–Crippen LogP) is -0.0910. The Bertz CT molecular complexity index is 1230. The summed E-state index contributed by atoms with van der Waals surface area (Å²) in [5.41, 5.74) is 3.06. The van der Waals surface area contributed by atoms with Crippen molar-refractivity contribution in [2.24, 2.45) is 29.4 Å². The molecule has 1 amide bonds. The molecule has 3 aliphatic rings. The van der Waals surface area contributed by atoms with Crippen molar-refractivity contribution in [3.8, 4) is 5.75 Å². The number of carbonyl (C=O) groups is 5. The topological polar surface area (TPSA) is 167 Å². The first kappa shape index (κ1) is 27.9. The molecule has 10 nitrogen and oxygen atoms in total. The van der Waals surface area contributed by atoms with Crippen molar-refractivity contribution in [1.29, 1.82) is 0 Å². The highest BCUT2D eigenvalue weighted by atomic mass is 19.4. The first-order valence-electron chi connectivity index (χ1n) is 12.1. The molecule has 2 fully saturated rings. The molecule has 1 aromatic rings. The summed E-state index contributed by atoms with van der Waals surface area (Å²) in [7, 11) is 2.97. The number of likely N-dealkylation sites (N-methyl/N-ethyl adjacent to an activating group) is 1. The molecule has 0 saturated heterocycles. The highest BCUT2D eigenvalue weighted by Crippen LogP contribution is 2.51. The van der Waals surface area contributed by atoms with Crippen LogP contribution >= 0.6 is 0 Å². The number of rotatable bonds is 6. The van der Waals surface area contributed by atoms with Crippen LogP contribution in [0.25, 0.3) is 0 Å². The van der Waals surface area contributed by atoms with Crippen LogP contribution in [-0.2, 0) is 32.1 Å². The standard InChI is InChI=1S/C25H28F3N3O7/c1-31(2)18-13-8-11-7-12-10(9-30-6-5-24(26,27)28)3-4-14(32)16(12)19(33)15(11)21(35)25(13,38)22(36)17(20(18)34)23(29)37/h3-4,11,13,15,17-18,30,32,38H,5-9H2,1-2H3,(H2,29,37)/t11-,13-,15?,17?,18-,25-/m0/s1. The molecule has 0 bridgehead atoms. The van der Waals surface area contributed by atoms with Crippen molar-refractivity contribution < 1.29 is 47.4 Å². The molecular formula is C25H28F3N3O7. The summed E-state index contributed by atoms with van der Waals surface area (Å²) in [5.74, 6) is -11.6. The predicted molar refractivity (Wildman–Crippen MR) is 124 cm³/mol. The number of nitrogens with zero attached hydrogens (tertiary/aromatic N) is 1. The normalized spacial score (nSPS) is 31.2. The largest absolute Gasteiger partial charge is 0.507 e. The molecule has 0 aliphatic heterocycles. The van der Waals surface area contributed by atoms with Crippen LogP contribution in [0.1, 0.15) is 34.3 Å². The smallest absolute Gasteiger partial charge is 0.390 e.